The molecule has 1 aliphatic rings. The minimum absolute atomic E-state index is 0.171. The molecular weight excluding hydrogens is 707 g/mol. The van der Waals surface area contributed by atoms with Gasteiger partial charge in [0.05, 0.1) is 16.4 Å². The molecule has 7 nitrogen and oxygen atoms in total. The molecule has 0 aliphatic carbocycles. The molecule has 184 valence electrons. The van der Waals surface area contributed by atoms with Crippen molar-refractivity contribution in [3.05, 3.63) is 89.4 Å². The van der Waals surface area contributed by atoms with Gasteiger partial charge in [-0.15, -0.1) is 0 Å². The van der Waals surface area contributed by atoms with E-state index in [4.69, 9.17) is 9.47 Å². The molecule has 1 N–H and O–H groups in total. The van der Waals surface area contributed by atoms with Crippen LogP contribution in [0.2, 0.25) is 0 Å². The minimum atomic E-state index is -0.799. The van der Waals surface area contributed by atoms with E-state index in [0.717, 1.165) is 28.5 Å². The number of ether oxygens (including phenoxy) is 2. The largest absolute Gasteiger partial charge is 0.493 e. The van der Waals surface area contributed by atoms with Gasteiger partial charge >= 0.3 is 6.03 Å². The van der Waals surface area contributed by atoms with Gasteiger partial charge in [-0.25, -0.2) is 9.69 Å². The number of rotatable bonds is 6. The number of hydrogen-bond acceptors (Lipinski definition) is 5. The zero-order valence-electron chi connectivity index (χ0n) is 19.1. The van der Waals surface area contributed by atoms with Crippen LogP contribution in [0.1, 0.15) is 16.7 Å². The first-order chi connectivity index (χ1) is 17.2. The first-order valence-corrected chi connectivity index (χ1v) is 13.3. The smallest absolute Gasteiger partial charge is 0.335 e. The molecule has 0 radical (unpaired) electrons. The molecule has 0 atom stereocenters. The first-order valence-electron chi connectivity index (χ1n) is 10.6. The number of aryl methyl sites for hydroxylation is 1. The monoisotopic (exact) mass is 724 g/mol. The average Bonchev–Trinajstić information content (AvgIpc) is 2.83. The van der Waals surface area contributed by atoms with E-state index in [-0.39, 0.29) is 5.57 Å². The van der Waals surface area contributed by atoms with E-state index < -0.39 is 17.8 Å². The highest BCUT2D eigenvalue weighted by Gasteiger charge is 2.37. The third-order valence-corrected chi connectivity index (χ3v) is 7.86. The lowest BCUT2D eigenvalue weighted by atomic mass is 10.1. The molecule has 36 heavy (non-hydrogen) atoms. The molecule has 1 aliphatic heterocycles. The van der Waals surface area contributed by atoms with E-state index in [9.17, 15) is 14.4 Å². The van der Waals surface area contributed by atoms with Crippen LogP contribution in [0.25, 0.3) is 6.08 Å². The van der Waals surface area contributed by atoms with Gasteiger partial charge in [-0.2, -0.15) is 0 Å². The summed E-state index contributed by atoms with van der Waals surface area (Å²) in [5.74, 6) is -0.495. The third kappa shape index (κ3) is 5.50. The lowest BCUT2D eigenvalue weighted by Gasteiger charge is -2.26. The van der Waals surface area contributed by atoms with Crippen LogP contribution in [0.3, 0.4) is 0 Å². The highest BCUT2D eigenvalue weighted by Crippen LogP contribution is 2.36. The molecule has 1 saturated heterocycles. The Morgan fingerprint density at radius 1 is 1.03 bits per heavy atom. The summed E-state index contributed by atoms with van der Waals surface area (Å²) in [4.78, 5) is 39.3. The number of imide groups is 2. The number of benzene rings is 3. The van der Waals surface area contributed by atoms with Crippen molar-refractivity contribution in [3.8, 4) is 11.5 Å². The highest BCUT2D eigenvalue weighted by atomic mass is 127. The molecule has 1 heterocycles. The summed E-state index contributed by atoms with van der Waals surface area (Å²) in [5.41, 5.74) is 2.55. The van der Waals surface area contributed by atoms with Crippen molar-refractivity contribution in [2.45, 2.75) is 13.5 Å². The molecule has 0 aromatic heterocycles. The van der Waals surface area contributed by atoms with Crippen LogP contribution in [0.5, 0.6) is 11.5 Å². The van der Waals surface area contributed by atoms with Crippen LogP contribution in [-0.2, 0) is 16.2 Å². The number of carbonyl (C=O) groups excluding carboxylic acids is 3. The fourth-order valence-electron chi connectivity index (χ4n) is 3.56. The Morgan fingerprint density at radius 3 is 2.47 bits per heavy atom. The Kier molecular flexibility index (Phi) is 8.16. The Balaban J connectivity index is 1.66. The zero-order valence-corrected chi connectivity index (χ0v) is 24.4. The standard InChI is InChI=1S/C26H19Br2IN2O5/c1-14-9-17(7-8-19(14)27)31-25(33)18(24(32)30-26(31)34)10-15-11-21(29)23(22(12-15)35-2)36-13-16-5-3-4-6-20(16)28/h3-12H,13H2,1-2H3,(H,30,32,34)/b18-10-. The first kappa shape index (κ1) is 26.4. The van der Waals surface area contributed by atoms with Gasteiger partial charge in [0.25, 0.3) is 11.8 Å². The van der Waals surface area contributed by atoms with Crippen molar-refractivity contribution in [2.75, 3.05) is 12.0 Å². The predicted octanol–water partition coefficient (Wildman–Crippen LogP) is 6.38. The molecule has 3 aromatic carbocycles. The number of urea groups is 1. The SMILES string of the molecule is COc1cc(/C=C2/C(=O)NC(=O)N(c3ccc(Br)c(C)c3)C2=O)cc(I)c1OCc1ccccc1Br. The number of methoxy groups -OCH3 is 1. The van der Waals surface area contributed by atoms with Gasteiger partial charge in [0.2, 0.25) is 0 Å². The number of amides is 4. The van der Waals surface area contributed by atoms with Crippen molar-refractivity contribution in [2.24, 2.45) is 0 Å². The molecule has 0 spiro atoms. The fourth-order valence-corrected chi connectivity index (χ4v) is 4.98. The number of hydrogen-bond donors (Lipinski definition) is 1. The lowest BCUT2D eigenvalue weighted by molar-refractivity contribution is -0.122. The Labute approximate surface area is 238 Å². The van der Waals surface area contributed by atoms with Gasteiger partial charge in [0, 0.05) is 14.5 Å². The molecular formula is C26H19Br2IN2O5. The van der Waals surface area contributed by atoms with Gasteiger partial charge < -0.3 is 9.47 Å². The topological polar surface area (TPSA) is 84.9 Å². The normalized spacial score (nSPS) is 14.8. The highest BCUT2D eigenvalue weighted by molar-refractivity contribution is 14.1. The number of nitrogens with zero attached hydrogens (tertiary/aromatic N) is 1. The van der Waals surface area contributed by atoms with E-state index in [1.54, 1.807) is 30.3 Å². The van der Waals surface area contributed by atoms with Gasteiger partial charge in [0.15, 0.2) is 11.5 Å². The van der Waals surface area contributed by atoms with E-state index in [1.165, 1.54) is 13.2 Å². The van der Waals surface area contributed by atoms with Crippen molar-refractivity contribution in [1.29, 1.82) is 0 Å². The molecule has 4 amide bonds. The Hall–Kier alpha value is -2.70. The molecule has 0 unspecified atom stereocenters. The minimum Gasteiger partial charge on any atom is -0.493 e. The number of carbonyl (C=O) groups is 3. The van der Waals surface area contributed by atoms with Crippen LogP contribution in [0, 0.1) is 10.5 Å². The van der Waals surface area contributed by atoms with E-state index in [1.807, 2.05) is 31.2 Å². The zero-order chi connectivity index (χ0) is 26.0. The third-order valence-electron chi connectivity index (χ3n) is 5.39. The van der Waals surface area contributed by atoms with Crippen LogP contribution >= 0.6 is 54.5 Å². The second-order valence-electron chi connectivity index (χ2n) is 7.81. The molecule has 3 aromatic rings. The maximum absolute atomic E-state index is 13.2. The quantitative estimate of drug-likeness (QED) is 0.181. The number of barbiturate groups is 1. The molecule has 0 saturated carbocycles. The fraction of sp³-hybridized carbons (Fsp3) is 0.115. The van der Waals surface area contributed by atoms with Gasteiger partial charge in [0.1, 0.15) is 12.2 Å². The van der Waals surface area contributed by atoms with Gasteiger partial charge in [-0.3, -0.25) is 14.9 Å². The van der Waals surface area contributed by atoms with Crippen LogP contribution < -0.4 is 19.7 Å². The summed E-state index contributed by atoms with van der Waals surface area (Å²) in [7, 11) is 1.52. The van der Waals surface area contributed by atoms with E-state index in [0.29, 0.717) is 29.4 Å². The summed E-state index contributed by atoms with van der Waals surface area (Å²) in [6.07, 6.45) is 1.44. The van der Waals surface area contributed by atoms with Gasteiger partial charge in [-0.05, 0) is 83.1 Å². The summed E-state index contributed by atoms with van der Waals surface area (Å²) in [6, 6.07) is 15.5. The summed E-state index contributed by atoms with van der Waals surface area (Å²) in [6.45, 7) is 2.16. The molecule has 0 bridgehead atoms. The van der Waals surface area contributed by atoms with Crippen molar-refractivity contribution >= 4 is 84.1 Å². The van der Waals surface area contributed by atoms with Crippen molar-refractivity contribution in [3.63, 3.8) is 0 Å². The maximum Gasteiger partial charge on any atom is 0.335 e. The van der Waals surface area contributed by atoms with Crippen LogP contribution in [-0.4, -0.2) is 25.0 Å². The summed E-state index contributed by atoms with van der Waals surface area (Å²) in [5, 5.41) is 2.25. The van der Waals surface area contributed by atoms with Crippen molar-refractivity contribution < 1.29 is 23.9 Å². The van der Waals surface area contributed by atoms with E-state index >= 15 is 0 Å². The van der Waals surface area contributed by atoms with E-state index in [2.05, 4.69) is 59.8 Å². The average molecular weight is 726 g/mol. The Bertz CT molecular complexity index is 1420. The predicted molar refractivity (Wildman–Crippen MR) is 152 cm³/mol. The lowest BCUT2D eigenvalue weighted by Crippen LogP contribution is -2.54. The summed E-state index contributed by atoms with van der Waals surface area (Å²) < 4.78 is 14.1. The van der Waals surface area contributed by atoms with Gasteiger partial charge in [-0.1, -0.05) is 50.1 Å². The maximum atomic E-state index is 13.2. The Morgan fingerprint density at radius 2 is 1.78 bits per heavy atom. The number of nitrogens with one attached hydrogen (secondary N) is 1. The van der Waals surface area contributed by atoms with Crippen LogP contribution in [0.4, 0.5) is 10.5 Å². The number of anilines is 1. The molecule has 10 heteroatoms. The molecule has 4 rings (SSSR count). The second kappa shape index (κ2) is 11.1. The molecule has 1 fully saturated rings. The summed E-state index contributed by atoms with van der Waals surface area (Å²) >= 11 is 9.04. The number of halogens is 3. The van der Waals surface area contributed by atoms with Crippen molar-refractivity contribution in [1.82, 2.24) is 5.32 Å². The van der Waals surface area contributed by atoms with Crippen LogP contribution in [0.15, 0.2) is 69.1 Å². The second-order valence-corrected chi connectivity index (χ2v) is 10.7.